The molecule has 1 aromatic rings. The van der Waals surface area contributed by atoms with Gasteiger partial charge in [-0.15, -0.1) is 0 Å². The van der Waals surface area contributed by atoms with Crippen LogP contribution >= 0.6 is 11.6 Å². The molecule has 2 rings (SSSR count). The minimum Gasteiger partial charge on any atom is -0.396 e. The Kier molecular flexibility index (Phi) is 4.42. The summed E-state index contributed by atoms with van der Waals surface area (Å²) < 4.78 is 13.9. The van der Waals surface area contributed by atoms with Crippen LogP contribution in [0.2, 0.25) is 5.02 Å². The van der Waals surface area contributed by atoms with Gasteiger partial charge in [0.25, 0.3) is 5.91 Å². The number of nitrogens with zero attached hydrogens (tertiary/aromatic N) is 1. The number of halogens is 2. The predicted octanol–water partition coefficient (Wildman–Crippen LogP) is 2.71. The first-order valence-corrected chi connectivity index (χ1v) is 6.78. The fraction of sp³-hybridized carbons (Fsp3) is 0.500. The van der Waals surface area contributed by atoms with Crippen molar-refractivity contribution in [3.05, 3.63) is 34.6 Å². The summed E-state index contributed by atoms with van der Waals surface area (Å²) in [5, 5.41) is 9.17. The van der Waals surface area contributed by atoms with Gasteiger partial charge in [0.05, 0.1) is 10.6 Å². The molecule has 3 nitrogen and oxygen atoms in total. The van der Waals surface area contributed by atoms with Crippen molar-refractivity contribution in [1.29, 1.82) is 0 Å². The van der Waals surface area contributed by atoms with Crippen LogP contribution in [0.3, 0.4) is 0 Å². The Morgan fingerprint density at radius 2 is 2.26 bits per heavy atom. The van der Waals surface area contributed by atoms with Crippen LogP contribution in [-0.4, -0.2) is 35.1 Å². The molecule has 0 aromatic heterocycles. The Labute approximate surface area is 117 Å². The molecule has 0 saturated carbocycles. The van der Waals surface area contributed by atoms with Gasteiger partial charge in [0.2, 0.25) is 0 Å². The molecule has 1 aliphatic heterocycles. The second-order valence-electron chi connectivity index (χ2n) is 5.03. The van der Waals surface area contributed by atoms with Crippen molar-refractivity contribution in [2.75, 3.05) is 13.2 Å². The van der Waals surface area contributed by atoms with Gasteiger partial charge in [-0.25, -0.2) is 4.39 Å². The highest BCUT2D eigenvalue weighted by Gasteiger charge is 2.30. The minimum absolute atomic E-state index is 0.00191. The van der Waals surface area contributed by atoms with Crippen molar-refractivity contribution in [2.45, 2.75) is 25.8 Å². The molecule has 0 spiro atoms. The SMILES string of the molecule is CC1CCC(CO)CN1C(=O)c1cccc(Cl)c1F. The van der Waals surface area contributed by atoms with Gasteiger partial charge in [0.15, 0.2) is 5.82 Å². The molecular weight excluding hydrogens is 269 g/mol. The Bertz CT molecular complexity index is 481. The quantitative estimate of drug-likeness (QED) is 0.908. The smallest absolute Gasteiger partial charge is 0.257 e. The van der Waals surface area contributed by atoms with Gasteiger partial charge >= 0.3 is 0 Å². The summed E-state index contributed by atoms with van der Waals surface area (Å²) in [5.41, 5.74) is -0.00191. The Morgan fingerprint density at radius 1 is 1.53 bits per heavy atom. The zero-order chi connectivity index (χ0) is 14.0. The first kappa shape index (κ1) is 14.3. The van der Waals surface area contributed by atoms with Crippen LogP contribution in [0.25, 0.3) is 0 Å². The molecule has 0 radical (unpaired) electrons. The van der Waals surface area contributed by atoms with E-state index in [1.54, 1.807) is 11.0 Å². The number of carbonyl (C=O) groups excluding carboxylic acids is 1. The third-order valence-corrected chi connectivity index (χ3v) is 3.97. The second-order valence-corrected chi connectivity index (χ2v) is 5.44. The Morgan fingerprint density at radius 3 is 2.95 bits per heavy atom. The molecule has 104 valence electrons. The maximum Gasteiger partial charge on any atom is 0.257 e. The molecule has 1 aliphatic rings. The van der Waals surface area contributed by atoms with Crippen LogP contribution < -0.4 is 0 Å². The molecular formula is C14H17ClFNO2. The lowest BCUT2D eigenvalue weighted by molar-refractivity contribution is 0.0484. The molecule has 1 N–H and O–H groups in total. The maximum atomic E-state index is 13.9. The summed E-state index contributed by atoms with van der Waals surface area (Å²) in [6, 6.07) is 4.48. The zero-order valence-corrected chi connectivity index (χ0v) is 11.5. The van der Waals surface area contributed by atoms with E-state index in [4.69, 9.17) is 11.6 Å². The third-order valence-electron chi connectivity index (χ3n) is 3.68. The number of amides is 1. The molecule has 1 fully saturated rings. The lowest BCUT2D eigenvalue weighted by atomic mass is 9.93. The molecule has 19 heavy (non-hydrogen) atoms. The van der Waals surface area contributed by atoms with Gasteiger partial charge in [0.1, 0.15) is 0 Å². The Hall–Kier alpha value is -1.13. The highest BCUT2D eigenvalue weighted by molar-refractivity contribution is 6.31. The Balaban J connectivity index is 2.24. The van der Waals surface area contributed by atoms with Crippen molar-refractivity contribution in [1.82, 2.24) is 4.90 Å². The van der Waals surface area contributed by atoms with E-state index in [1.807, 2.05) is 6.92 Å². The topological polar surface area (TPSA) is 40.5 Å². The number of aliphatic hydroxyl groups excluding tert-OH is 1. The van der Waals surface area contributed by atoms with E-state index < -0.39 is 5.82 Å². The number of hydrogen-bond acceptors (Lipinski definition) is 2. The number of likely N-dealkylation sites (tertiary alicyclic amines) is 1. The van der Waals surface area contributed by atoms with E-state index in [2.05, 4.69) is 0 Å². The summed E-state index contributed by atoms with van der Waals surface area (Å²) in [6.07, 6.45) is 1.71. The van der Waals surface area contributed by atoms with Crippen LogP contribution in [0.5, 0.6) is 0 Å². The number of rotatable bonds is 2. The molecule has 5 heteroatoms. The van der Waals surface area contributed by atoms with Gasteiger partial charge in [0, 0.05) is 19.2 Å². The fourth-order valence-electron chi connectivity index (χ4n) is 2.44. The normalized spacial score (nSPS) is 23.5. The van der Waals surface area contributed by atoms with Crippen molar-refractivity contribution >= 4 is 17.5 Å². The fourth-order valence-corrected chi connectivity index (χ4v) is 2.61. The van der Waals surface area contributed by atoms with Gasteiger partial charge in [-0.3, -0.25) is 4.79 Å². The molecule has 2 atom stereocenters. The van der Waals surface area contributed by atoms with Crippen molar-refractivity contribution in [3.63, 3.8) is 0 Å². The largest absolute Gasteiger partial charge is 0.396 e. The lowest BCUT2D eigenvalue weighted by Gasteiger charge is -2.37. The van der Waals surface area contributed by atoms with E-state index in [9.17, 15) is 14.3 Å². The third kappa shape index (κ3) is 2.90. The molecule has 0 bridgehead atoms. The molecule has 1 amide bonds. The van der Waals surface area contributed by atoms with E-state index in [0.29, 0.717) is 6.54 Å². The summed E-state index contributed by atoms with van der Waals surface area (Å²) in [7, 11) is 0. The maximum absolute atomic E-state index is 13.9. The standard InChI is InChI=1S/C14H17ClFNO2/c1-9-5-6-10(8-18)7-17(9)14(19)11-3-2-4-12(15)13(11)16/h2-4,9-10,18H,5-8H2,1H3. The lowest BCUT2D eigenvalue weighted by Crippen LogP contribution is -2.46. The van der Waals surface area contributed by atoms with Crippen LogP contribution in [0.15, 0.2) is 18.2 Å². The summed E-state index contributed by atoms with van der Waals surface area (Å²) >= 11 is 5.70. The average Bonchev–Trinajstić information content (AvgIpc) is 2.42. The molecule has 2 unspecified atom stereocenters. The monoisotopic (exact) mass is 285 g/mol. The van der Waals surface area contributed by atoms with E-state index >= 15 is 0 Å². The highest BCUT2D eigenvalue weighted by atomic mass is 35.5. The number of carbonyl (C=O) groups is 1. The first-order valence-electron chi connectivity index (χ1n) is 6.40. The molecule has 1 aromatic carbocycles. The number of benzene rings is 1. The number of aliphatic hydroxyl groups is 1. The first-order chi connectivity index (χ1) is 9.04. The van der Waals surface area contributed by atoms with Gasteiger partial charge in [-0.2, -0.15) is 0 Å². The second kappa shape index (κ2) is 5.88. The minimum atomic E-state index is -0.674. The van der Waals surface area contributed by atoms with Gasteiger partial charge in [-0.05, 0) is 37.8 Å². The number of piperidine rings is 1. The molecule has 1 heterocycles. The van der Waals surface area contributed by atoms with Crippen LogP contribution in [0, 0.1) is 11.7 Å². The number of hydrogen-bond donors (Lipinski definition) is 1. The van der Waals surface area contributed by atoms with E-state index in [0.717, 1.165) is 12.8 Å². The van der Waals surface area contributed by atoms with Crippen LogP contribution in [0.4, 0.5) is 4.39 Å². The van der Waals surface area contributed by atoms with Crippen LogP contribution in [-0.2, 0) is 0 Å². The molecule has 0 aliphatic carbocycles. The van der Waals surface area contributed by atoms with Crippen molar-refractivity contribution in [3.8, 4) is 0 Å². The average molecular weight is 286 g/mol. The van der Waals surface area contributed by atoms with E-state index in [-0.39, 0.29) is 35.1 Å². The highest BCUT2D eigenvalue weighted by Crippen LogP contribution is 2.25. The summed E-state index contributed by atoms with van der Waals surface area (Å²) in [4.78, 5) is 14.0. The van der Waals surface area contributed by atoms with Crippen LogP contribution in [0.1, 0.15) is 30.1 Å². The summed E-state index contributed by atoms with van der Waals surface area (Å²) in [5.74, 6) is -0.958. The summed E-state index contributed by atoms with van der Waals surface area (Å²) in [6.45, 7) is 2.45. The van der Waals surface area contributed by atoms with E-state index in [1.165, 1.54) is 12.1 Å². The predicted molar refractivity (Wildman–Crippen MR) is 71.7 cm³/mol. The van der Waals surface area contributed by atoms with Crippen molar-refractivity contribution < 1.29 is 14.3 Å². The van der Waals surface area contributed by atoms with Gasteiger partial charge < -0.3 is 10.0 Å². The molecule has 1 saturated heterocycles. The van der Waals surface area contributed by atoms with Gasteiger partial charge in [-0.1, -0.05) is 17.7 Å². The van der Waals surface area contributed by atoms with Crippen molar-refractivity contribution in [2.24, 2.45) is 5.92 Å². The zero-order valence-electron chi connectivity index (χ0n) is 10.8.